The molecular weight excluding hydrogens is 266 g/mol. The topological polar surface area (TPSA) is 20.3 Å². The molecule has 0 aliphatic carbocycles. The Kier molecular flexibility index (Phi) is 3.44. The van der Waals surface area contributed by atoms with E-state index < -0.39 is 0 Å². The third-order valence-electron chi connectivity index (χ3n) is 2.79. The van der Waals surface area contributed by atoms with Gasteiger partial charge in [0.2, 0.25) is 0 Å². The van der Waals surface area contributed by atoms with Crippen molar-refractivity contribution in [2.24, 2.45) is 0 Å². The van der Waals surface area contributed by atoms with Crippen molar-refractivity contribution in [1.82, 2.24) is 0 Å². The maximum Gasteiger partial charge on any atom is 0.152 e. The van der Waals surface area contributed by atoms with E-state index in [1.165, 1.54) is 5.57 Å². The van der Waals surface area contributed by atoms with Gasteiger partial charge in [0.15, 0.2) is 6.29 Å². The van der Waals surface area contributed by atoms with Crippen LogP contribution in [0.2, 0.25) is 0 Å². The molecule has 0 atom stereocenters. The number of aldehydes is 1. The van der Waals surface area contributed by atoms with Gasteiger partial charge in [-0.3, -0.25) is 4.79 Å². The lowest BCUT2D eigenvalue weighted by Gasteiger charge is -2.29. The molecule has 0 saturated heterocycles. The summed E-state index contributed by atoms with van der Waals surface area (Å²) < 4.78 is 0.947. The van der Waals surface area contributed by atoms with Crippen LogP contribution < -0.4 is 4.90 Å². The van der Waals surface area contributed by atoms with Crippen molar-refractivity contribution in [3.63, 3.8) is 0 Å². The molecule has 1 aromatic rings. The molecule has 16 heavy (non-hydrogen) atoms. The summed E-state index contributed by atoms with van der Waals surface area (Å²) >= 11 is 3.38. The molecule has 0 N–H and O–H groups in total. The first-order valence-corrected chi connectivity index (χ1v) is 6.15. The first-order chi connectivity index (χ1) is 7.70. The number of carbonyl (C=O) groups is 1. The Morgan fingerprint density at radius 2 is 2.25 bits per heavy atom. The second kappa shape index (κ2) is 4.83. The quantitative estimate of drug-likeness (QED) is 0.611. The minimum absolute atomic E-state index is 0.754. The lowest BCUT2D eigenvalue weighted by molar-refractivity contribution is 0.112. The van der Waals surface area contributed by atoms with E-state index in [2.05, 4.69) is 33.8 Å². The molecule has 3 heteroatoms. The van der Waals surface area contributed by atoms with Gasteiger partial charge in [-0.25, -0.2) is 0 Å². The van der Waals surface area contributed by atoms with Crippen LogP contribution in [0.3, 0.4) is 0 Å². The van der Waals surface area contributed by atoms with Crippen LogP contribution in [0.4, 0.5) is 5.69 Å². The van der Waals surface area contributed by atoms with Gasteiger partial charge >= 0.3 is 0 Å². The van der Waals surface area contributed by atoms with Gasteiger partial charge in [0.25, 0.3) is 0 Å². The van der Waals surface area contributed by atoms with E-state index in [1.54, 1.807) is 0 Å². The number of anilines is 1. The molecule has 1 heterocycles. The Bertz CT molecular complexity index is 440. The largest absolute Gasteiger partial charge is 0.367 e. The van der Waals surface area contributed by atoms with E-state index in [4.69, 9.17) is 0 Å². The van der Waals surface area contributed by atoms with Gasteiger partial charge in [-0.2, -0.15) is 0 Å². The van der Waals surface area contributed by atoms with Crippen LogP contribution in [0.15, 0.2) is 34.3 Å². The third kappa shape index (κ3) is 2.35. The second-order valence-corrected chi connectivity index (χ2v) is 5.00. The molecule has 2 nitrogen and oxygen atoms in total. The summed E-state index contributed by atoms with van der Waals surface area (Å²) in [6.07, 6.45) is 4.24. The monoisotopic (exact) mass is 279 g/mol. The molecule has 0 radical (unpaired) electrons. The Morgan fingerprint density at radius 3 is 2.94 bits per heavy atom. The molecule has 0 bridgehead atoms. The summed E-state index contributed by atoms with van der Waals surface area (Å²) in [6, 6.07) is 5.86. The Morgan fingerprint density at radius 1 is 1.44 bits per heavy atom. The van der Waals surface area contributed by atoms with E-state index in [1.807, 2.05) is 18.2 Å². The zero-order valence-corrected chi connectivity index (χ0v) is 10.8. The second-order valence-electron chi connectivity index (χ2n) is 4.08. The van der Waals surface area contributed by atoms with Crippen LogP contribution in [0.5, 0.6) is 0 Å². The zero-order valence-electron chi connectivity index (χ0n) is 9.24. The van der Waals surface area contributed by atoms with Gasteiger partial charge in [0.1, 0.15) is 0 Å². The summed E-state index contributed by atoms with van der Waals surface area (Å²) in [6.45, 7) is 4.04. The summed E-state index contributed by atoms with van der Waals surface area (Å²) in [5, 5.41) is 0. The number of carbonyl (C=O) groups excluding carboxylic acids is 1. The standard InChI is InChI=1S/C13H14BrNO/c1-10-3-2-6-15(8-10)13-5-4-12(14)7-11(13)9-16/h3-5,7,9H,2,6,8H2,1H3. The third-order valence-corrected chi connectivity index (χ3v) is 3.28. The van der Waals surface area contributed by atoms with E-state index >= 15 is 0 Å². The first-order valence-electron chi connectivity index (χ1n) is 5.36. The lowest BCUT2D eigenvalue weighted by atomic mass is 10.1. The SMILES string of the molecule is CC1=CCCN(c2ccc(Br)cc2C=O)C1. The molecule has 0 fully saturated rings. The molecule has 0 aromatic heterocycles. The van der Waals surface area contributed by atoms with Crippen molar-refractivity contribution in [2.45, 2.75) is 13.3 Å². The number of benzene rings is 1. The normalized spacial score (nSPS) is 15.9. The molecule has 0 spiro atoms. The molecule has 84 valence electrons. The van der Waals surface area contributed by atoms with E-state index in [9.17, 15) is 4.79 Å². The number of hydrogen-bond acceptors (Lipinski definition) is 2. The van der Waals surface area contributed by atoms with Crippen LogP contribution >= 0.6 is 15.9 Å². The van der Waals surface area contributed by atoms with Crippen molar-refractivity contribution in [2.75, 3.05) is 18.0 Å². The summed E-state index contributed by atoms with van der Waals surface area (Å²) in [5.41, 5.74) is 3.15. The average molecular weight is 280 g/mol. The number of rotatable bonds is 2. The van der Waals surface area contributed by atoms with Crippen LogP contribution in [-0.4, -0.2) is 19.4 Å². The van der Waals surface area contributed by atoms with Crippen molar-refractivity contribution in [3.05, 3.63) is 39.9 Å². The molecule has 1 aliphatic heterocycles. The van der Waals surface area contributed by atoms with Crippen molar-refractivity contribution >= 4 is 27.9 Å². The Hall–Kier alpha value is -1.09. The smallest absolute Gasteiger partial charge is 0.152 e. The van der Waals surface area contributed by atoms with Crippen molar-refractivity contribution in [1.29, 1.82) is 0 Å². The fourth-order valence-corrected chi connectivity index (χ4v) is 2.40. The predicted octanol–water partition coefficient (Wildman–Crippen LogP) is 3.42. The minimum atomic E-state index is 0.754. The van der Waals surface area contributed by atoms with Gasteiger partial charge in [0.05, 0.1) is 0 Å². The van der Waals surface area contributed by atoms with Crippen LogP contribution in [0, 0.1) is 0 Å². The summed E-state index contributed by atoms with van der Waals surface area (Å²) in [4.78, 5) is 13.3. The Balaban J connectivity index is 2.33. The highest BCUT2D eigenvalue weighted by Crippen LogP contribution is 2.25. The average Bonchev–Trinajstić information content (AvgIpc) is 2.28. The number of hydrogen-bond donors (Lipinski definition) is 0. The van der Waals surface area contributed by atoms with E-state index in [-0.39, 0.29) is 0 Å². The van der Waals surface area contributed by atoms with E-state index in [0.29, 0.717) is 0 Å². The fraction of sp³-hybridized carbons (Fsp3) is 0.308. The van der Waals surface area contributed by atoms with Crippen molar-refractivity contribution < 1.29 is 4.79 Å². The maximum atomic E-state index is 11.0. The highest BCUT2D eigenvalue weighted by Gasteiger charge is 2.14. The highest BCUT2D eigenvalue weighted by atomic mass is 79.9. The molecular formula is C13H14BrNO. The molecule has 1 aliphatic rings. The van der Waals surface area contributed by atoms with Crippen LogP contribution in [-0.2, 0) is 0 Å². The number of nitrogens with zero attached hydrogens (tertiary/aromatic N) is 1. The number of halogens is 1. The lowest BCUT2D eigenvalue weighted by Crippen LogP contribution is -2.29. The van der Waals surface area contributed by atoms with Crippen LogP contribution in [0.25, 0.3) is 0 Å². The predicted molar refractivity (Wildman–Crippen MR) is 70.1 cm³/mol. The van der Waals surface area contributed by atoms with Gasteiger partial charge in [-0.05, 0) is 31.5 Å². The van der Waals surface area contributed by atoms with Gasteiger partial charge in [-0.15, -0.1) is 0 Å². The van der Waals surface area contributed by atoms with Gasteiger partial charge in [0, 0.05) is 28.8 Å². The molecule has 2 rings (SSSR count). The minimum Gasteiger partial charge on any atom is -0.367 e. The first kappa shape index (κ1) is 11.4. The molecule has 1 aromatic carbocycles. The maximum absolute atomic E-state index is 11.0. The van der Waals surface area contributed by atoms with E-state index in [0.717, 1.165) is 41.5 Å². The molecule has 0 saturated carbocycles. The zero-order chi connectivity index (χ0) is 11.5. The van der Waals surface area contributed by atoms with Crippen molar-refractivity contribution in [3.8, 4) is 0 Å². The summed E-state index contributed by atoms with van der Waals surface area (Å²) in [7, 11) is 0. The molecule has 0 amide bonds. The van der Waals surface area contributed by atoms with Gasteiger partial charge < -0.3 is 4.90 Å². The van der Waals surface area contributed by atoms with Gasteiger partial charge in [-0.1, -0.05) is 27.6 Å². The van der Waals surface area contributed by atoms with Crippen LogP contribution in [0.1, 0.15) is 23.7 Å². The Labute approximate surface area is 104 Å². The fourth-order valence-electron chi connectivity index (χ4n) is 2.02. The summed E-state index contributed by atoms with van der Waals surface area (Å²) in [5.74, 6) is 0. The highest BCUT2D eigenvalue weighted by molar-refractivity contribution is 9.10. The molecule has 0 unspecified atom stereocenters.